The molecule has 0 atom stereocenters. The maximum absolute atomic E-state index is 11.0. The first-order valence-electron chi connectivity index (χ1n) is 5.58. The zero-order valence-electron chi connectivity index (χ0n) is 9.91. The van der Waals surface area contributed by atoms with Gasteiger partial charge < -0.3 is 9.84 Å². The number of hydrogen-bond acceptors (Lipinski definition) is 4. The van der Waals surface area contributed by atoms with Crippen LogP contribution in [0.4, 0.5) is 0 Å². The molecule has 0 amide bonds. The van der Waals surface area contributed by atoms with Gasteiger partial charge in [-0.3, -0.25) is 9.67 Å². The fourth-order valence-corrected chi connectivity index (χ4v) is 1.51. The summed E-state index contributed by atoms with van der Waals surface area (Å²) in [5.41, 5.74) is 0.0285. The van der Waals surface area contributed by atoms with Crippen molar-refractivity contribution < 1.29 is 14.6 Å². The summed E-state index contributed by atoms with van der Waals surface area (Å²) in [5.74, 6) is -0.301. The molecule has 2 aromatic heterocycles. The van der Waals surface area contributed by atoms with E-state index in [1.807, 2.05) is 6.92 Å². The van der Waals surface area contributed by atoms with Crippen molar-refractivity contribution in [2.45, 2.75) is 19.9 Å². The molecule has 0 fully saturated rings. The van der Waals surface area contributed by atoms with Crippen LogP contribution in [0, 0.1) is 0 Å². The lowest BCUT2D eigenvalue weighted by molar-refractivity contribution is 0.0693. The van der Waals surface area contributed by atoms with E-state index in [4.69, 9.17) is 9.84 Å². The first-order chi connectivity index (χ1) is 8.70. The van der Waals surface area contributed by atoms with Gasteiger partial charge in [0.15, 0.2) is 5.75 Å². The van der Waals surface area contributed by atoms with E-state index in [1.54, 1.807) is 17.1 Å². The van der Waals surface area contributed by atoms with E-state index in [9.17, 15) is 4.79 Å². The Kier molecular flexibility index (Phi) is 3.57. The van der Waals surface area contributed by atoms with Crippen LogP contribution in [0.15, 0.2) is 30.9 Å². The Morgan fingerprint density at radius 3 is 3.06 bits per heavy atom. The molecular formula is C12H13N3O3. The van der Waals surface area contributed by atoms with Crippen LogP contribution < -0.4 is 4.74 Å². The van der Waals surface area contributed by atoms with E-state index in [2.05, 4.69) is 10.1 Å². The Balaban J connectivity index is 2.20. The van der Waals surface area contributed by atoms with Gasteiger partial charge in [0.2, 0.25) is 0 Å². The first kappa shape index (κ1) is 12.1. The number of nitrogens with zero attached hydrogens (tertiary/aromatic N) is 3. The van der Waals surface area contributed by atoms with Crippen molar-refractivity contribution in [2.24, 2.45) is 0 Å². The van der Waals surface area contributed by atoms with Gasteiger partial charge in [0.1, 0.15) is 11.3 Å². The van der Waals surface area contributed by atoms with Gasteiger partial charge in [-0.25, -0.2) is 4.79 Å². The topological polar surface area (TPSA) is 77.2 Å². The molecule has 2 heterocycles. The normalized spacial score (nSPS) is 10.3. The molecule has 0 aliphatic heterocycles. The van der Waals surface area contributed by atoms with E-state index >= 15 is 0 Å². The largest absolute Gasteiger partial charge is 0.477 e. The van der Waals surface area contributed by atoms with Crippen molar-refractivity contribution in [3.8, 4) is 11.5 Å². The van der Waals surface area contributed by atoms with Gasteiger partial charge in [0, 0.05) is 25.0 Å². The monoisotopic (exact) mass is 247 g/mol. The van der Waals surface area contributed by atoms with Gasteiger partial charge >= 0.3 is 5.97 Å². The summed E-state index contributed by atoms with van der Waals surface area (Å²) >= 11 is 0. The highest BCUT2D eigenvalue weighted by Crippen LogP contribution is 2.24. The van der Waals surface area contributed by atoms with Gasteiger partial charge in [0.25, 0.3) is 0 Å². The maximum Gasteiger partial charge on any atom is 0.341 e. The predicted molar refractivity (Wildman–Crippen MR) is 63.8 cm³/mol. The number of pyridine rings is 1. The molecule has 94 valence electrons. The minimum Gasteiger partial charge on any atom is -0.477 e. The number of carbonyl (C=O) groups is 1. The highest BCUT2D eigenvalue weighted by Gasteiger charge is 2.12. The maximum atomic E-state index is 11.0. The summed E-state index contributed by atoms with van der Waals surface area (Å²) < 4.78 is 7.24. The molecule has 0 saturated heterocycles. The van der Waals surface area contributed by atoms with Crippen LogP contribution in [-0.4, -0.2) is 25.8 Å². The van der Waals surface area contributed by atoms with Crippen LogP contribution in [-0.2, 0) is 6.54 Å². The van der Waals surface area contributed by atoms with Crippen LogP contribution in [0.2, 0.25) is 0 Å². The second-order valence-electron chi connectivity index (χ2n) is 3.72. The standard InChI is InChI=1S/C12H13N3O3/c1-2-5-15-8-9(6-14-15)18-11-3-4-13-7-10(11)12(16)17/h3-4,6-8H,2,5H2,1H3,(H,16,17). The number of carboxylic acids is 1. The number of rotatable bonds is 5. The summed E-state index contributed by atoms with van der Waals surface area (Å²) in [6.45, 7) is 2.85. The third-order valence-corrected chi connectivity index (χ3v) is 2.30. The zero-order valence-corrected chi connectivity index (χ0v) is 9.91. The minimum absolute atomic E-state index is 0.0285. The number of aromatic carboxylic acids is 1. The lowest BCUT2D eigenvalue weighted by atomic mass is 10.2. The smallest absolute Gasteiger partial charge is 0.341 e. The fourth-order valence-electron chi connectivity index (χ4n) is 1.51. The molecule has 0 spiro atoms. The van der Waals surface area contributed by atoms with E-state index in [-0.39, 0.29) is 11.3 Å². The van der Waals surface area contributed by atoms with Crippen LogP contribution in [0.1, 0.15) is 23.7 Å². The molecule has 0 unspecified atom stereocenters. The average molecular weight is 247 g/mol. The van der Waals surface area contributed by atoms with Crippen molar-refractivity contribution in [3.63, 3.8) is 0 Å². The molecule has 0 radical (unpaired) electrons. The number of carboxylic acid groups (broad SMARTS) is 1. The van der Waals surface area contributed by atoms with E-state index in [1.165, 1.54) is 18.5 Å². The second kappa shape index (κ2) is 5.31. The molecule has 2 aromatic rings. The van der Waals surface area contributed by atoms with Crippen LogP contribution in [0.3, 0.4) is 0 Å². The lowest BCUT2D eigenvalue weighted by Gasteiger charge is -2.05. The summed E-state index contributed by atoms with van der Waals surface area (Å²) in [4.78, 5) is 14.7. The predicted octanol–water partition coefficient (Wildman–Crippen LogP) is 2.18. The number of aromatic nitrogens is 3. The Morgan fingerprint density at radius 1 is 1.50 bits per heavy atom. The summed E-state index contributed by atoms with van der Waals surface area (Å²) in [6, 6.07) is 1.51. The molecule has 18 heavy (non-hydrogen) atoms. The van der Waals surface area contributed by atoms with E-state index < -0.39 is 5.97 Å². The minimum atomic E-state index is -1.07. The van der Waals surface area contributed by atoms with Crippen molar-refractivity contribution in [2.75, 3.05) is 0 Å². The summed E-state index contributed by atoms with van der Waals surface area (Å²) in [6.07, 6.45) is 7.00. The fraction of sp³-hybridized carbons (Fsp3) is 0.250. The SMILES string of the molecule is CCCn1cc(Oc2ccncc2C(=O)O)cn1. The molecule has 0 saturated carbocycles. The molecule has 0 aliphatic rings. The summed E-state index contributed by atoms with van der Waals surface area (Å²) in [7, 11) is 0. The molecule has 1 N–H and O–H groups in total. The third kappa shape index (κ3) is 2.65. The molecule has 6 nitrogen and oxygen atoms in total. The second-order valence-corrected chi connectivity index (χ2v) is 3.72. The van der Waals surface area contributed by atoms with Crippen molar-refractivity contribution in [1.82, 2.24) is 14.8 Å². The Labute approximate surface area is 104 Å². The summed E-state index contributed by atoms with van der Waals surface area (Å²) in [5, 5.41) is 13.1. The van der Waals surface area contributed by atoms with Crippen LogP contribution in [0.5, 0.6) is 11.5 Å². The number of hydrogen-bond donors (Lipinski definition) is 1. The third-order valence-electron chi connectivity index (χ3n) is 2.30. The van der Waals surface area contributed by atoms with Gasteiger partial charge in [0.05, 0.1) is 12.4 Å². The average Bonchev–Trinajstić information content (AvgIpc) is 2.77. The number of aryl methyl sites for hydroxylation is 1. The molecule has 0 aliphatic carbocycles. The Morgan fingerprint density at radius 2 is 2.33 bits per heavy atom. The zero-order chi connectivity index (χ0) is 13.0. The van der Waals surface area contributed by atoms with E-state index in [0.717, 1.165) is 13.0 Å². The lowest BCUT2D eigenvalue weighted by Crippen LogP contribution is -2.00. The van der Waals surface area contributed by atoms with Gasteiger partial charge in [-0.1, -0.05) is 6.92 Å². The highest BCUT2D eigenvalue weighted by molar-refractivity contribution is 5.90. The van der Waals surface area contributed by atoms with Crippen molar-refractivity contribution >= 4 is 5.97 Å². The van der Waals surface area contributed by atoms with Crippen LogP contribution in [0.25, 0.3) is 0 Å². The Hall–Kier alpha value is -2.37. The Bertz CT molecular complexity index is 551. The first-order valence-corrected chi connectivity index (χ1v) is 5.58. The molecule has 2 rings (SSSR count). The molecule has 0 bridgehead atoms. The van der Waals surface area contributed by atoms with Crippen molar-refractivity contribution in [1.29, 1.82) is 0 Å². The van der Waals surface area contributed by atoms with Gasteiger partial charge in [-0.05, 0) is 6.42 Å². The highest BCUT2D eigenvalue weighted by atomic mass is 16.5. The van der Waals surface area contributed by atoms with Crippen LogP contribution >= 0.6 is 0 Å². The van der Waals surface area contributed by atoms with Gasteiger partial charge in [-0.15, -0.1) is 0 Å². The molecule has 0 aromatic carbocycles. The molecule has 6 heteroatoms. The molecular weight excluding hydrogens is 234 g/mol. The quantitative estimate of drug-likeness (QED) is 0.876. The van der Waals surface area contributed by atoms with Crippen molar-refractivity contribution in [3.05, 3.63) is 36.4 Å². The number of ether oxygens (including phenoxy) is 1. The van der Waals surface area contributed by atoms with E-state index in [0.29, 0.717) is 5.75 Å². The van der Waals surface area contributed by atoms with Gasteiger partial charge in [-0.2, -0.15) is 5.10 Å².